The van der Waals surface area contributed by atoms with Crippen LogP contribution in [0.1, 0.15) is 30.7 Å². The van der Waals surface area contributed by atoms with Gasteiger partial charge in [-0.05, 0) is 25.6 Å². The maximum atomic E-state index is 11.6. The highest BCUT2D eigenvalue weighted by Crippen LogP contribution is 2.27. The lowest BCUT2D eigenvalue weighted by Crippen LogP contribution is -3.09. The number of benzene rings is 1. The van der Waals surface area contributed by atoms with E-state index in [1.54, 1.807) is 4.68 Å². The van der Waals surface area contributed by atoms with Crippen molar-refractivity contribution < 1.29 is 17.7 Å². The predicted molar refractivity (Wildman–Crippen MR) is 93.0 cm³/mol. The number of nitrogens with one attached hydrogen (secondary N) is 1. The number of hydrogen-bond acceptors (Lipinski definition) is 5. The molecule has 2 aromatic rings. The highest BCUT2D eigenvalue weighted by Gasteiger charge is 2.33. The van der Waals surface area contributed by atoms with Crippen molar-refractivity contribution in [3.63, 3.8) is 0 Å². The third-order valence-corrected chi connectivity index (χ3v) is 6.44. The minimum atomic E-state index is -2.96. The van der Waals surface area contributed by atoms with Crippen LogP contribution in [0, 0.1) is 4.84 Å². The average Bonchev–Trinajstić information content (AvgIpc) is 3.10. The molecule has 6 nitrogen and oxygen atoms in total. The summed E-state index contributed by atoms with van der Waals surface area (Å²) in [6, 6.07) is 10.3. The van der Waals surface area contributed by atoms with Crippen LogP contribution in [0.25, 0.3) is 0 Å². The lowest BCUT2D eigenvalue weighted by Gasteiger charge is -2.17. The molecule has 0 bridgehead atoms. The fraction of sp³-hybridized carbons (Fsp3) is 0.500. The summed E-state index contributed by atoms with van der Waals surface area (Å²) in [5.74, 6) is 0.595. The maximum Gasteiger partial charge on any atom is 0.291 e. The Morgan fingerprint density at radius 3 is 2.75 bits per heavy atom. The average molecular weight is 369 g/mol. The fourth-order valence-electron chi connectivity index (χ4n) is 2.97. The molecule has 24 heavy (non-hydrogen) atoms. The van der Waals surface area contributed by atoms with Gasteiger partial charge in [0.05, 0.1) is 24.0 Å². The molecule has 8 heteroatoms. The minimum absolute atomic E-state index is 0.108. The monoisotopic (exact) mass is 368 g/mol. The van der Waals surface area contributed by atoms with Crippen molar-refractivity contribution in [2.45, 2.75) is 32.5 Å². The van der Waals surface area contributed by atoms with Gasteiger partial charge in [-0.15, -0.1) is 5.10 Å². The van der Waals surface area contributed by atoms with Gasteiger partial charge in [0.2, 0.25) is 5.89 Å². The van der Waals surface area contributed by atoms with Gasteiger partial charge in [0.15, 0.2) is 16.5 Å². The number of rotatable bonds is 6. The molecule has 0 amide bonds. The Labute approximate surface area is 147 Å². The lowest BCUT2D eigenvalue weighted by atomic mass is 10.1. The highest BCUT2D eigenvalue weighted by atomic mass is 32.2. The van der Waals surface area contributed by atoms with Crippen LogP contribution < -0.4 is 4.90 Å². The molecular weight excluding hydrogens is 346 g/mol. The second kappa shape index (κ2) is 7.16. The van der Waals surface area contributed by atoms with Gasteiger partial charge in [0.1, 0.15) is 6.54 Å². The third-order valence-electron chi connectivity index (χ3n) is 4.37. The molecule has 1 unspecified atom stereocenters. The normalized spacial score (nSPS) is 21.0. The zero-order chi connectivity index (χ0) is 17.2. The summed E-state index contributed by atoms with van der Waals surface area (Å²) in [5.41, 5.74) is 1.26. The molecule has 1 aliphatic rings. The number of quaternary nitrogens is 1. The molecular formula is C16H22N3O3S2+. The van der Waals surface area contributed by atoms with Crippen LogP contribution in [0.3, 0.4) is 0 Å². The van der Waals surface area contributed by atoms with Crippen molar-refractivity contribution in [2.24, 2.45) is 0 Å². The molecule has 1 fully saturated rings. The van der Waals surface area contributed by atoms with E-state index in [1.807, 2.05) is 18.2 Å². The smallest absolute Gasteiger partial charge is 0.291 e. The van der Waals surface area contributed by atoms with Crippen LogP contribution in [-0.4, -0.2) is 36.2 Å². The summed E-state index contributed by atoms with van der Waals surface area (Å²) in [7, 11) is -2.96. The first-order chi connectivity index (χ1) is 11.5. The largest absolute Gasteiger partial charge is 0.413 e. The SMILES string of the molecule is CC[NH+](Cc1ccccc1)Cn1nc([C@H]2CCS(=O)(=O)C2)oc1=S. The fourth-order valence-corrected chi connectivity index (χ4v) is 4.89. The van der Waals surface area contributed by atoms with Gasteiger partial charge in [0.25, 0.3) is 4.84 Å². The number of nitrogens with zero attached hydrogens (tertiary/aromatic N) is 2. The van der Waals surface area contributed by atoms with Crippen LogP contribution in [0.4, 0.5) is 0 Å². The highest BCUT2D eigenvalue weighted by molar-refractivity contribution is 7.91. The zero-order valence-electron chi connectivity index (χ0n) is 13.6. The van der Waals surface area contributed by atoms with Crippen molar-refractivity contribution in [1.29, 1.82) is 0 Å². The molecule has 0 aliphatic carbocycles. The van der Waals surface area contributed by atoms with Gasteiger partial charge in [-0.1, -0.05) is 30.3 Å². The Balaban J connectivity index is 1.71. The van der Waals surface area contributed by atoms with E-state index in [0.717, 1.165) is 13.1 Å². The Hall–Kier alpha value is -1.51. The molecule has 1 aromatic heterocycles. The van der Waals surface area contributed by atoms with Gasteiger partial charge in [-0.25, -0.2) is 8.42 Å². The molecule has 2 heterocycles. The van der Waals surface area contributed by atoms with Crippen LogP contribution in [-0.2, 0) is 23.1 Å². The molecule has 2 atom stereocenters. The Kier molecular flexibility index (Phi) is 5.17. The van der Waals surface area contributed by atoms with Crippen LogP contribution in [0.5, 0.6) is 0 Å². The molecule has 1 aliphatic heterocycles. The molecule has 0 radical (unpaired) electrons. The van der Waals surface area contributed by atoms with Crippen molar-refractivity contribution in [3.8, 4) is 0 Å². The van der Waals surface area contributed by atoms with Gasteiger partial charge >= 0.3 is 0 Å². The van der Waals surface area contributed by atoms with E-state index >= 15 is 0 Å². The van der Waals surface area contributed by atoms with E-state index in [4.69, 9.17) is 16.6 Å². The van der Waals surface area contributed by atoms with Crippen molar-refractivity contribution >= 4 is 22.1 Å². The summed E-state index contributed by atoms with van der Waals surface area (Å²) < 4.78 is 30.5. The van der Waals surface area contributed by atoms with Crippen LogP contribution in [0.2, 0.25) is 0 Å². The summed E-state index contributed by atoms with van der Waals surface area (Å²) in [4.78, 5) is 1.62. The lowest BCUT2D eigenvalue weighted by molar-refractivity contribution is -0.935. The second-order valence-electron chi connectivity index (χ2n) is 6.23. The molecule has 1 aromatic carbocycles. The van der Waals surface area contributed by atoms with Crippen molar-refractivity contribution in [2.75, 3.05) is 18.1 Å². The van der Waals surface area contributed by atoms with E-state index < -0.39 is 9.84 Å². The summed E-state index contributed by atoms with van der Waals surface area (Å²) in [5, 5.41) is 4.45. The Bertz CT molecular complexity index is 843. The first-order valence-corrected chi connectivity index (χ1v) is 10.4. The molecule has 0 spiro atoms. The number of sulfone groups is 1. The third kappa shape index (κ3) is 4.12. The summed E-state index contributed by atoms with van der Waals surface area (Å²) >= 11 is 5.27. The Morgan fingerprint density at radius 1 is 1.38 bits per heavy atom. The van der Waals surface area contributed by atoms with E-state index in [1.165, 1.54) is 10.5 Å². The zero-order valence-corrected chi connectivity index (χ0v) is 15.3. The van der Waals surface area contributed by atoms with Gasteiger partial charge in [-0.3, -0.25) is 0 Å². The summed E-state index contributed by atoms with van der Waals surface area (Å²) in [6.07, 6.45) is 0.561. The maximum absolute atomic E-state index is 11.6. The van der Waals surface area contributed by atoms with E-state index in [9.17, 15) is 8.42 Å². The first-order valence-electron chi connectivity index (χ1n) is 8.12. The van der Waals surface area contributed by atoms with Crippen molar-refractivity contribution in [1.82, 2.24) is 9.78 Å². The van der Waals surface area contributed by atoms with Crippen LogP contribution in [0.15, 0.2) is 34.7 Å². The van der Waals surface area contributed by atoms with E-state index in [0.29, 0.717) is 23.8 Å². The second-order valence-corrected chi connectivity index (χ2v) is 8.81. The Morgan fingerprint density at radius 2 is 2.12 bits per heavy atom. The van der Waals surface area contributed by atoms with E-state index in [2.05, 4.69) is 24.2 Å². The van der Waals surface area contributed by atoms with Gasteiger partial charge < -0.3 is 9.32 Å². The van der Waals surface area contributed by atoms with E-state index in [-0.39, 0.29) is 17.4 Å². The quantitative estimate of drug-likeness (QED) is 0.775. The number of aromatic nitrogens is 2. The molecule has 130 valence electrons. The molecule has 1 N–H and O–H groups in total. The van der Waals surface area contributed by atoms with Gasteiger partial charge in [0, 0.05) is 5.56 Å². The topological polar surface area (TPSA) is 69.5 Å². The minimum Gasteiger partial charge on any atom is -0.413 e. The van der Waals surface area contributed by atoms with Crippen LogP contribution >= 0.6 is 12.2 Å². The molecule has 1 saturated heterocycles. The summed E-state index contributed by atoms with van der Waals surface area (Å²) in [6.45, 7) is 4.52. The standard InChI is InChI=1S/C16H21N3O3S2/c1-2-18(10-13-6-4-3-5-7-13)12-19-16(23)22-15(17-19)14-8-9-24(20,21)11-14/h3-7,14H,2,8-12H2,1H3/p+1/t14-/m0/s1. The predicted octanol–water partition coefficient (Wildman–Crippen LogP) is 1.17. The first kappa shape index (κ1) is 17.3. The molecule has 0 saturated carbocycles. The molecule has 3 rings (SSSR count). The number of hydrogen-bond donors (Lipinski definition) is 1. The van der Waals surface area contributed by atoms with Crippen molar-refractivity contribution in [3.05, 3.63) is 46.6 Å². The van der Waals surface area contributed by atoms with Gasteiger partial charge in [-0.2, -0.15) is 4.68 Å².